The van der Waals surface area contributed by atoms with Crippen molar-refractivity contribution >= 4 is 11.8 Å². The smallest absolute Gasteiger partial charge is 0.239 e. The number of nitrogens with zero attached hydrogens (tertiary/aromatic N) is 2. The molecule has 5 nitrogen and oxygen atoms in total. The van der Waals surface area contributed by atoms with Crippen LogP contribution in [0.4, 0.5) is 11.8 Å². The zero-order valence-corrected chi connectivity index (χ0v) is 10.6. The molecule has 0 saturated heterocycles. The highest BCUT2D eigenvalue weighted by Crippen LogP contribution is 2.14. The van der Waals surface area contributed by atoms with Crippen LogP contribution in [0.5, 0.6) is 0 Å². The van der Waals surface area contributed by atoms with E-state index in [0.29, 0.717) is 5.95 Å². The van der Waals surface area contributed by atoms with Crippen molar-refractivity contribution < 1.29 is 0 Å². The maximum atomic E-state index is 5.30. The van der Waals surface area contributed by atoms with Crippen molar-refractivity contribution in [1.29, 1.82) is 0 Å². The first-order valence-electron chi connectivity index (χ1n) is 5.79. The first-order chi connectivity index (χ1) is 8.70. The molecule has 0 spiro atoms. The molecule has 4 N–H and O–H groups in total. The number of rotatable bonds is 4. The Labute approximate surface area is 106 Å². The summed E-state index contributed by atoms with van der Waals surface area (Å²) in [5, 5.41) is 3.30. The van der Waals surface area contributed by atoms with Crippen LogP contribution in [0.25, 0.3) is 0 Å². The molecule has 0 radical (unpaired) electrons. The van der Waals surface area contributed by atoms with Crippen LogP contribution in [0.2, 0.25) is 0 Å². The number of aromatic nitrogens is 2. The number of benzene rings is 1. The third-order valence-corrected chi connectivity index (χ3v) is 2.81. The van der Waals surface area contributed by atoms with Crippen molar-refractivity contribution in [2.45, 2.75) is 20.4 Å². The van der Waals surface area contributed by atoms with E-state index >= 15 is 0 Å². The minimum Gasteiger partial charge on any atom is -0.366 e. The van der Waals surface area contributed by atoms with Crippen molar-refractivity contribution in [2.24, 2.45) is 5.84 Å². The highest BCUT2D eigenvalue weighted by molar-refractivity contribution is 5.46. The van der Waals surface area contributed by atoms with Crippen molar-refractivity contribution in [1.82, 2.24) is 9.97 Å². The normalized spacial score (nSPS) is 10.2. The Morgan fingerprint density at radius 3 is 2.67 bits per heavy atom. The van der Waals surface area contributed by atoms with Crippen LogP contribution in [0.1, 0.15) is 16.7 Å². The van der Waals surface area contributed by atoms with Gasteiger partial charge in [0.1, 0.15) is 5.82 Å². The molecule has 2 rings (SSSR count). The predicted octanol–water partition coefficient (Wildman–Crippen LogP) is 1.99. The standard InChI is InChI=1S/C13H17N5/c1-9-5-3-4-6-11(9)8-15-12-10(2)7-16-13(17-12)18-14/h3-7H,8,14H2,1-2H3,(H2,15,16,17,18). The fourth-order valence-electron chi connectivity index (χ4n) is 1.68. The van der Waals surface area contributed by atoms with E-state index in [1.807, 2.05) is 19.1 Å². The minimum atomic E-state index is 0.410. The molecule has 0 saturated carbocycles. The van der Waals surface area contributed by atoms with E-state index in [0.717, 1.165) is 17.9 Å². The summed E-state index contributed by atoms with van der Waals surface area (Å²) >= 11 is 0. The van der Waals surface area contributed by atoms with E-state index < -0.39 is 0 Å². The number of aryl methyl sites for hydroxylation is 2. The van der Waals surface area contributed by atoms with Crippen molar-refractivity contribution in [3.05, 3.63) is 47.2 Å². The summed E-state index contributed by atoms with van der Waals surface area (Å²) in [6, 6.07) is 8.26. The largest absolute Gasteiger partial charge is 0.366 e. The average Bonchev–Trinajstić information content (AvgIpc) is 2.39. The van der Waals surface area contributed by atoms with Gasteiger partial charge in [0.05, 0.1) is 0 Å². The molecule has 18 heavy (non-hydrogen) atoms. The maximum absolute atomic E-state index is 5.30. The number of nitrogens with one attached hydrogen (secondary N) is 2. The molecule has 0 amide bonds. The van der Waals surface area contributed by atoms with Gasteiger partial charge in [-0.3, -0.25) is 5.43 Å². The fraction of sp³-hybridized carbons (Fsp3) is 0.231. The highest BCUT2D eigenvalue weighted by atomic mass is 15.3. The van der Waals surface area contributed by atoms with Crippen molar-refractivity contribution in [2.75, 3.05) is 10.7 Å². The van der Waals surface area contributed by atoms with Gasteiger partial charge in [0.15, 0.2) is 0 Å². The third-order valence-electron chi connectivity index (χ3n) is 2.81. The zero-order chi connectivity index (χ0) is 13.0. The van der Waals surface area contributed by atoms with Gasteiger partial charge in [-0.05, 0) is 25.0 Å². The summed E-state index contributed by atoms with van der Waals surface area (Å²) in [4.78, 5) is 8.32. The highest BCUT2D eigenvalue weighted by Gasteiger charge is 2.03. The average molecular weight is 243 g/mol. The van der Waals surface area contributed by atoms with Gasteiger partial charge in [-0.2, -0.15) is 4.98 Å². The first kappa shape index (κ1) is 12.3. The maximum Gasteiger partial charge on any atom is 0.239 e. The van der Waals surface area contributed by atoms with Crippen LogP contribution in [0.3, 0.4) is 0 Å². The minimum absolute atomic E-state index is 0.410. The number of hydrogen-bond donors (Lipinski definition) is 3. The van der Waals surface area contributed by atoms with Gasteiger partial charge < -0.3 is 5.32 Å². The Morgan fingerprint density at radius 2 is 1.94 bits per heavy atom. The van der Waals surface area contributed by atoms with Gasteiger partial charge in [-0.25, -0.2) is 10.8 Å². The predicted molar refractivity (Wildman–Crippen MR) is 73.1 cm³/mol. The number of hydrazine groups is 1. The van der Waals surface area contributed by atoms with Crippen LogP contribution in [0.15, 0.2) is 30.5 Å². The Kier molecular flexibility index (Phi) is 3.74. The first-order valence-corrected chi connectivity index (χ1v) is 5.79. The van der Waals surface area contributed by atoms with E-state index in [4.69, 9.17) is 5.84 Å². The van der Waals surface area contributed by atoms with Gasteiger partial charge in [0, 0.05) is 18.3 Å². The Hall–Kier alpha value is -2.14. The number of anilines is 2. The van der Waals surface area contributed by atoms with Crippen LogP contribution < -0.4 is 16.6 Å². The molecule has 0 bridgehead atoms. The van der Waals surface area contributed by atoms with Gasteiger partial charge in [-0.1, -0.05) is 24.3 Å². The summed E-state index contributed by atoms with van der Waals surface area (Å²) in [6.07, 6.45) is 1.74. The second kappa shape index (κ2) is 5.46. The SMILES string of the molecule is Cc1ccccc1CNc1nc(NN)ncc1C. The molecule has 0 aliphatic heterocycles. The summed E-state index contributed by atoms with van der Waals surface area (Å²) in [7, 11) is 0. The monoisotopic (exact) mass is 243 g/mol. The third kappa shape index (κ3) is 2.75. The van der Waals surface area contributed by atoms with Crippen LogP contribution in [-0.2, 0) is 6.54 Å². The fourth-order valence-corrected chi connectivity index (χ4v) is 1.68. The van der Waals surface area contributed by atoms with E-state index in [9.17, 15) is 0 Å². The number of nitrogens with two attached hydrogens (primary N) is 1. The summed E-state index contributed by atoms with van der Waals surface area (Å²) in [5.41, 5.74) is 5.94. The molecule has 1 aromatic heterocycles. The van der Waals surface area contributed by atoms with E-state index in [1.54, 1.807) is 6.20 Å². The molecule has 1 aromatic carbocycles. The lowest BCUT2D eigenvalue weighted by Gasteiger charge is -2.11. The summed E-state index contributed by atoms with van der Waals surface area (Å²) in [5.74, 6) is 6.50. The van der Waals surface area contributed by atoms with Crippen LogP contribution >= 0.6 is 0 Å². The molecule has 0 unspecified atom stereocenters. The van der Waals surface area contributed by atoms with Gasteiger partial charge >= 0.3 is 0 Å². The van der Waals surface area contributed by atoms with E-state index in [1.165, 1.54) is 11.1 Å². The quantitative estimate of drug-likeness (QED) is 0.565. The Bertz CT molecular complexity index is 539. The Balaban J connectivity index is 2.13. The number of nitrogen functional groups attached to an aromatic ring is 1. The van der Waals surface area contributed by atoms with E-state index in [2.05, 4.69) is 39.8 Å². The lowest BCUT2D eigenvalue weighted by atomic mass is 10.1. The lowest BCUT2D eigenvalue weighted by Crippen LogP contribution is -2.12. The molecular weight excluding hydrogens is 226 g/mol. The molecule has 0 aliphatic rings. The zero-order valence-electron chi connectivity index (χ0n) is 10.6. The second-order valence-corrected chi connectivity index (χ2v) is 4.15. The van der Waals surface area contributed by atoms with Gasteiger partial charge in [0.2, 0.25) is 5.95 Å². The Morgan fingerprint density at radius 1 is 1.17 bits per heavy atom. The summed E-state index contributed by atoms with van der Waals surface area (Å²) < 4.78 is 0. The molecule has 1 heterocycles. The molecule has 0 atom stereocenters. The topological polar surface area (TPSA) is 75.9 Å². The molecule has 0 fully saturated rings. The van der Waals surface area contributed by atoms with Crippen molar-refractivity contribution in [3.8, 4) is 0 Å². The summed E-state index contributed by atoms with van der Waals surface area (Å²) in [6.45, 7) is 4.78. The molecular formula is C13H17N5. The van der Waals surface area contributed by atoms with Crippen LogP contribution in [-0.4, -0.2) is 9.97 Å². The molecule has 5 heteroatoms. The molecule has 0 aliphatic carbocycles. The van der Waals surface area contributed by atoms with Crippen molar-refractivity contribution in [3.63, 3.8) is 0 Å². The van der Waals surface area contributed by atoms with E-state index in [-0.39, 0.29) is 0 Å². The van der Waals surface area contributed by atoms with Gasteiger partial charge in [0.25, 0.3) is 0 Å². The molecule has 94 valence electrons. The van der Waals surface area contributed by atoms with Crippen LogP contribution in [0, 0.1) is 13.8 Å². The van der Waals surface area contributed by atoms with Gasteiger partial charge in [-0.15, -0.1) is 0 Å². The second-order valence-electron chi connectivity index (χ2n) is 4.15. The number of hydrogen-bond acceptors (Lipinski definition) is 5. The lowest BCUT2D eigenvalue weighted by molar-refractivity contribution is 1.04. The molecule has 2 aromatic rings.